The van der Waals surface area contributed by atoms with Crippen molar-refractivity contribution in [2.24, 2.45) is 0 Å². The van der Waals surface area contributed by atoms with E-state index < -0.39 is 0 Å². The molecule has 1 amide bonds. The molecule has 1 aromatic carbocycles. The molecule has 6 heteroatoms. The highest BCUT2D eigenvalue weighted by Gasteiger charge is 2.25. The molecule has 3 heterocycles. The summed E-state index contributed by atoms with van der Waals surface area (Å²) in [4.78, 5) is 25.8. The summed E-state index contributed by atoms with van der Waals surface area (Å²) in [6, 6.07) is 11.5. The first-order valence-corrected chi connectivity index (χ1v) is 8.59. The van der Waals surface area contributed by atoms with Crippen molar-refractivity contribution in [2.75, 3.05) is 31.1 Å². The van der Waals surface area contributed by atoms with Gasteiger partial charge < -0.3 is 14.2 Å². The van der Waals surface area contributed by atoms with Gasteiger partial charge in [-0.15, -0.1) is 0 Å². The predicted octanol–water partition coefficient (Wildman–Crippen LogP) is 2.75. The molecule has 0 saturated carbocycles. The highest BCUT2D eigenvalue weighted by Crippen LogP contribution is 2.25. The van der Waals surface area contributed by atoms with Crippen molar-refractivity contribution in [3.63, 3.8) is 0 Å². The number of aromatic nitrogens is 2. The molecule has 4 rings (SSSR count). The van der Waals surface area contributed by atoms with Crippen molar-refractivity contribution in [3.05, 3.63) is 54.2 Å². The summed E-state index contributed by atoms with van der Waals surface area (Å²) in [6.07, 6.45) is 2.33. The van der Waals surface area contributed by atoms with Gasteiger partial charge in [0.15, 0.2) is 5.76 Å². The first kappa shape index (κ1) is 15.6. The fourth-order valence-corrected chi connectivity index (χ4v) is 3.18. The van der Waals surface area contributed by atoms with Crippen molar-refractivity contribution in [2.45, 2.75) is 13.3 Å². The Labute approximate surface area is 146 Å². The molecule has 1 fully saturated rings. The van der Waals surface area contributed by atoms with E-state index in [1.165, 1.54) is 6.26 Å². The molecule has 0 radical (unpaired) electrons. The molecule has 1 aliphatic heterocycles. The number of carbonyl (C=O) groups excluding carboxylic acids is 1. The molecule has 6 nitrogen and oxygen atoms in total. The van der Waals surface area contributed by atoms with Crippen LogP contribution in [0, 0.1) is 0 Å². The number of furan rings is 1. The van der Waals surface area contributed by atoms with E-state index in [1.807, 2.05) is 23.1 Å². The van der Waals surface area contributed by atoms with Gasteiger partial charge >= 0.3 is 0 Å². The summed E-state index contributed by atoms with van der Waals surface area (Å²) in [7, 11) is 0. The lowest BCUT2D eigenvalue weighted by molar-refractivity contribution is 0.0714. The lowest BCUT2D eigenvalue weighted by Gasteiger charge is -2.35. The third kappa shape index (κ3) is 2.95. The zero-order valence-corrected chi connectivity index (χ0v) is 14.2. The minimum atomic E-state index is -0.0496. The Balaban J connectivity index is 1.56. The largest absolute Gasteiger partial charge is 0.459 e. The maximum absolute atomic E-state index is 12.4. The number of rotatable bonds is 3. The van der Waals surface area contributed by atoms with Crippen molar-refractivity contribution in [3.8, 4) is 0 Å². The number of fused-ring (bicyclic) bond motifs is 1. The van der Waals surface area contributed by atoms with Crippen molar-refractivity contribution < 1.29 is 9.21 Å². The number of carbonyl (C=O) groups is 1. The Morgan fingerprint density at radius 3 is 2.60 bits per heavy atom. The van der Waals surface area contributed by atoms with Gasteiger partial charge in [0.25, 0.3) is 5.91 Å². The van der Waals surface area contributed by atoms with Crippen LogP contribution in [0.15, 0.2) is 47.1 Å². The number of piperazine rings is 1. The van der Waals surface area contributed by atoms with Crippen LogP contribution >= 0.6 is 0 Å². The molecule has 1 saturated heterocycles. The smallest absolute Gasteiger partial charge is 0.289 e. The minimum absolute atomic E-state index is 0.0496. The van der Waals surface area contributed by atoms with Gasteiger partial charge in [0.2, 0.25) is 0 Å². The topological polar surface area (TPSA) is 62.5 Å². The van der Waals surface area contributed by atoms with E-state index in [0.29, 0.717) is 18.8 Å². The second kappa shape index (κ2) is 6.55. The molecule has 0 unspecified atom stereocenters. The zero-order valence-electron chi connectivity index (χ0n) is 14.2. The van der Waals surface area contributed by atoms with Crippen LogP contribution < -0.4 is 4.90 Å². The van der Waals surface area contributed by atoms with E-state index in [9.17, 15) is 4.79 Å². The van der Waals surface area contributed by atoms with Gasteiger partial charge in [0.05, 0.1) is 11.8 Å². The average molecular weight is 336 g/mol. The van der Waals surface area contributed by atoms with Crippen LogP contribution in [-0.2, 0) is 6.42 Å². The third-order valence-electron chi connectivity index (χ3n) is 4.54. The Morgan fingerprint density at radius 1 is 1.08 bits per heavy atom. The summed E-state index contributed by atoms with van der Waals surface area (Å²) >= 11 is 0. The predicted molar refractivity (Wildman–Crippen MR) is 95.7 cm³/mol. The lowest BCUT2D eigenvalue weighted by Crippen LogP contribution is -2.49. The quantitative estimate of drug-likeness (QED) is 0.736. The van der Waals surface area contributed by atoms with E-state index in [0.717, 1.165) is 42.1 Å². The van der Waals surface area contributed by atoms with Crippen LogP contribution in [0.3, 0.4) is 0 Å². The molecule has 0 spiro atoms. The molecule has 0 N–H and O–H groups in total. The van der Waals surface area contributed by atoms with E-state index >= 15 is 0 Å². The second-order valence-electron chi connectivity index (χ2n) is 6.09. The van der Waals surface area contributed by atoms with E-state index in [4.69, 9.17) is 9.40 Å². The van der Waals surface area contributed by atoms with Crippen LogP contribution in [0.1, 0.15) is 23.3 Å². The number of benzene rings is 1. The first-order valence-electron chi connectivity index (χ1n) is 8.59. The van der Waals surface area contributed by atoms with E-state index in [1.54, 1.807) is 12.1 Å². The first-order chi connectivity index (χ1) is 12.3. The van der Waals surface area contributed by atoms with Gasteiger partial charge in [-0.3, -0.25) is 4.79 Å². The van der Waals surface area contributed by atoms with Gasteiger partial charge in [0, 0.05) is 38.0 Å². The fraction of sp³-hybridized carbons (Fsp3) is 0.316. The normalized spacial score (nSPS) is 14.9. The van der Waals surface area contributed by atoms with Gasteiger partial charge in [0.1, 0.15) is 11.6 Å². The molecule has 2 aromatic heterocycles. The molecule has 0 atom stereocenters. The third-order valence-corrected chi connectivity index (χ3v) is 4.54. The number of nitrogens with zero attached hydrogens (tertiary/aromatic N) is 4. The number of anilines is 1. The molecular formula is C19H20N4O2. The van der Waals surface area contributed by atoms with Crippen LogP contribution in [-0.4, -0.2) is 47.0 Å². The maximum atomic E-state index is 12.4. The summed E-state index contributed by atoms with van der Waals surface area (Å²) in [5, 5.41) is 1.06. The minimum Gasteiger partial charge on any atom is -0.459 e. The highest BCUT2D eigenvalue weighted by molar-refractivity contribution is 5.92. The highest BCUT2D eigenvalue weighted by atomic mass is 16.3. The summed E-state index contributed by atoms with van der Waals surface area (Å²) in [6.45, 7) is 4.86. The molecular weight excluding hydrogens is 316 g/mol. The van der Waals surface area contributed by atoms with Gasteiger partial charge in [-0.25, -0.2) is 9.97 Å². The Morgan fingerprint density at radius 2 is 1.88 bits per heavy atom. The number of amides is 1. The summed E-state index contributed by atoms with van der Waals surface area (Å²) in [5.74, 6) is 2.16. The maximum Gasteiger partial charge on any atom is 0.289 e. The SMILES string of the molecule is CCc1nc(N2CCN(C(=O)c3ccco3)CC2)c2ccccc2n1. The van der Waals surface area contributed by atoms with Crippen molar-refractivity contribution >= 4 is 22.6 Å². The average Bonchev–Trinajstić information content (AvgIpc) is 3.21. The van der Waals surface area contributed by atoms with E-state index in [2.05, 4.69) is 22.9 Å². The van der Waals surface area contributed by atoms with E-state index in [-0.39, 0.29) is 5.91 Å². The summed E-state index contributed by atoms with van der Waals surface area (Å²) in [5.41, 5.74) is 0.971. The number of para-hydroxylation sites is 1. The number of aryl methyl sites for hydroxylation is 1. The Hall–Kier alpha value is -2.89. The van der Waals surface area contributed by atoms with Crippen LogP contribution in [0.25, 0.3) is 10.9 Å². The van der Waals surface area contributed by atoms with Crippen LogP contribution in [0.5, 0.6) is 0 Å². The fourth-order valence-electron chi connectivity index (χ4n) is 3.18. The monoisotopic (exact) mass is 336 g/mol. The zero-order chi connectivity index (χ0) is 17.2. The van der Waals surface area contributed by atoms with Gasteiger partial charge in [-0.1, -0.05) is 19.1 Å². The molecule has 128 valence electrons. The molecule has 25 heavy (non-hydrogen) atoms. The van der Waals surface area contributed by atoms with Crippen molar-refractivity contribution in [1.82, 2.24) is 14.9 Å². The van der Waals surface area contributed by atoms with Gasteiger partial charge in [-0.2, -0.15) is 0 Å². The van der Waals surface area contributed by atoms with Crippen molar-refractivity contribution in [1.29, 1.82) is 0 Å². The molecule has 1 aliphatic rings. The van der Waals surface area contributed by atoms with Gasteiger partial charge in [-0.05, 0) is 24.3 Å². The number of hydrogen-bond acceptors (Lipinski definition) is 5. The Kier molecular flexibility index (Phi) is 4.09. The second-order valence-corrected chi connectivity index (χ2v) is 6.09. The molecule has 3 aromatic rings. The summed E-state index contributed by atoms with van der Waals surface area (Å²) < 4.78 is 5.22. The van der Waals surface area contributed by atoms with Crippen LogP contribution in [0.4, 0.5) is 5.82 Å². The lowest BCUT2D eigenvalue weighted by atomic mass is 10.2. The number of hydrogen-bond donors (Lipinski definition) is 0. The molecule has 0 aliphatic carbocycles. The Bertz CT molecular complexity index is 884. The molecule has 0 bridgehead atoms. The standard InChI is InChI=1S/C19H20N4O2/c1-2-17-20-15-7-4-3-6-14(15)18(21-17)22-9-11-23(12-10-22)19(24)16-8-5-13-25-16/h3-8,13H,2,9-12H2,1H3. The van der Waals surface area contributed by atoms with Crippen LogP contribution in [0.2, 0.25) is 0 Å².